The van der Waals surface area contributed by atoms with Gasteiger partial charge in [0.05, 0.1) is 68.1 Å². The molecule has 0 N–H and O–H groups in total. The van der Waals surface area contributed by atoms with E-state index in [-0.39, 0.29) is 5.97 Å². The molecule has 0 bridgehead atoms. The lowest BCUT2D eigenvalue weighted by atomic mass is 10.1. The van der Waals surface area contributed by atoms with E-state index in [0.29, 0.717) is 85.3 Å². The molecule has 0 fully saturated rings. The minimum atomic E-state index is -0.433. The van der Waals surface area contributed by atoms with Crippen LogP contribution in [-0.2, 0) is 33.3 Å². The van der Waals surface area contributed by atoms with Crippen molar-refractivity contribution in [3.8, 4) is 34.5 Å². The molecule has 0 amide bonds. The Morgan fingerprint density at radius 2 is 0.829 bits per heavy atom. The van der Waals surface area contributed by atoms with E-state index in [9.17, 15) is 19.2 Å². The lowest BCUT2D eigenvalue weighted by Gasteiger charge is -2.14. The summed E-state index contributed by atoms with van der Waals surface area (Å²) in [6.45, 7) is 8.00. The molecule has 384 valence electrons. The molecule has 14 heteroatoms. The van der Waals surface area contributed by atoms with Crippen molar-refractivity contribution in [2.45, 2.75) is 116 Å². The van der Waals surface area contributed by atoms with Crippen LogP contribution in [-0.4, -0.2) is 92.0 Å². The predicted molar refractivity (Wildman–Crippen MR) is 271 cm³/mol. The van der Waals surface area contributed by atoms with Gasteiger partial charge in [0.25, 0.3) is 0 Å². The first-order valence-electron chi connectivity index (χ1n) is 24.6. The smallest absolute Gasteiger partial charge is 0.342 e. The molecule has 0 aromatic heterocycles. The fourth-order valence-corrected chi connectivity index (χ4v) is 6.99. The molecule has 3 aromatic carbocycles. The number of esters is 4. The zero-order chi connectivity index (χ0) is 50.6. The first kappa shape index (κ1) is 57.9. The fourth-order valence-electron chi connectivity index (χ4n) is 6.99. The Labute approximate surface area is 415 Å². The summed E-state index contributed by atoms with van der Waals surface area (Å²) < 4.78 is 55.4. The van der Waals surface area contributed by atoms with E-state index in [1.165, 1.54) is 26.4 Å². The lowest BCUT2D eigenvalue weighted by Crippen LogP contribution is -2.10. The number of ether oxygens (including phenoxy) is 10. The first-order valence-corrected chi connectivity index (χ1v) is 24.6. The predicted octanol–water partition coefficient (Wildman–Crippen LogP) is 11.9. The average molecular weight is 973 g/mol. The fraction of sp³-hybridized carbons (Fsp3) is 0.500. The van der Waals surface area contributed by atoms with Crippen molar-refractivity contribution in [3.05, 3.63) is 95.6 Å². The van der Waals surface area contributed by atoms with E-state index in [1.807, 2.05) is 30.3 Å². The second-order valence-electron chi connectivity index (χ2n) is 16.6. The van der Waals surface area contributed by atoms with Gasteiger partial charge >= 0.3 is 23.9 Å². The summed E-state index contributed by atoms with van der Waals surface area (Å²) in [5.74, 6) is 1.85. The van der Waals surface area contributed by atoms with Gasteiger partial charge < -0.3 is 47.4 Å². The Morgan fingerprint density at radius 1 is 0.443 bits per heavy atom. The topological polar surface area (TPSA) is 161 Å². The molecule has 0 heterocycles. The highest BCUT2D eigenvalue weighted by Crippen LogP contribution is 2.31. The van der Waals surface area contributed by atoms with Crippen LogP contribution in [0.3, 0.4) is 0 Å². The van der Waals surface area contributed by atoms with Crippen molar-refractivity contribution in [2.24, 2.45) is 0 Å². The molecule has 0 aliphatic rings. The molecule has 0 atom stereocenters. The van der Waals surface area contributed by atoms with E-state index < -0.39 is 17.9 Å². The van der Waals surface area contributed by atoms with Crippen LogP contribution in [0.5, 0.6) is 34.5 Å². The molecular weight excluding hydrogens is 897 g/mol. The van der Waals surface area contributed by atoms with E-state index in [4.69, 9.17) is 37.9 Å². The largest absolute Gasteiger partial charge is 0.494 e. The molecule has 0 saturated carbocycles. The van der Waals surface area contributed by atoms with Crippen LogP contribution >= 0.6 is 0 Å². The number of carbonyl (C=O) groups excluding carboxylic acids is 4. The molecule has 0 spiro atoms. The minimum absolute atomic E-state index is 0.325. The molecule has 70 heavy (non-hydrogen) atoms. The van der Waals surface area contributed by atoms with Crippen LogP contribution in [0.2, 0.25) is 0 Å². The van der Waals surface area contributed by atoms with Crippen molar-refractivity contribution in [3.63, 3.8) is 0 Å². The Kier molecular flexibility index (Phi) is 29.5. The summed E-state index contributed by atoms with van der Waals surface area (Å²) >= 11 is 0. The Balaban J connectivity index is 1.42. The second kappa shape index (κ2) is 35.6. The number of unbranched alkanes of at least 4 members (excludes halogenated alkanes) is 14. The molecule has 0 aliphatic heterocycles. The quantitative estimate of drug-likeness (QED) is 0.0231. The van der Waals surface area contributed by atoms with Crippen LogP contribution in [0.4, 0.5) is 0 Å². The Bertz CT molecular complexity index is 2090. The highest BCUT2D eigenvalue weighted by atomic mass is 16.5. The summed E-state index contributed by atoms with van der Waals surface area (Å²) in [6.07, 6.45) is 22.3. The molecule has 0 unspecified atom stereocenters. The third kappa shape index (κ3) is 24.2. The summed E-state index contributed by atoms with van der Waals surface area (Å²) in [5, 5.41) is 0. The molecule has 0 radical (unpaired) electrons. The summed E-state index contributed by atoms with van der Waals surface area (Å²) in [7, 11) is 5.82. The van der Waals surface area contributed by atoms with Gasteiger partial charge in [-0.3, -0.25) is 0 Å². The summed E-state index contributed by atoms with van der Waals surface area (Å²) in [4.78, 5) is 47.8. The molecule has 0 aliphatic carbocycles. The van der Waals surface area contributed by atoms with Gasteiger partial charge in [0, 0.05) is 17.7 Å². The van der Waals surface area contributed by atoms with Crippen LogP contribution in [0, 0.1) is 0 Å². The number of methoxy groups -OCH3 is 4. The Hall–Kier alpha value is -6.44. The van der Waals surface area contributed by atoms with Crippen molar-refractivity contribution in [1.29, 1.82) is 0 Å². The van der Waals surface area contributed by atoms with Crippen molar-refractivity contribution >= 4 is 36.0 Å². The maximum atomic E-state index is 13.5. The van der Waals surface area contributed by atoms with E-state index in [2.05, 4.69) is 16.1 Å². The maximum Gasteiger partial charge on any atom is 0.342 e. The number of carbonyl (C=O) groups is 4. The van der Waals surface area contributed by atoms with Gasteiger partial charge in [-0.25, -0.2) is 19.2 Å². The Morgan fingerprint density at radius 3 is 1.26 bits per heavy atom. The molecule has 3 aromatic rings. The molecule has 0 saturated heterocycles. The molecular formula is C56H76O14. The van der Waals surface area contributed by atoms with Crippen molar-refractivity contribution in [1.82, 2.24) is 0 Å². The third-order valence-corrected chi connectivity index (χ3v) is 11.0. The normalized spacial score (nSPS) is 11.0. The van der Waals surface area contributed by atoms with Gasteiger partial charge in [-0.2, -0.15) is 0 Å². The van der Waals surface area contributed by atoms with Crippen LogP contribution < -0.4 is 28.4 Å². The van der Waals surface area contributed by atoms with Crippen LogP contribution in [0.1, 0.15) is 138 Å². The SMILES string of the molecule is C=C(C)C(=O)OCCCCCCCCCCCOC(=O)c1cc(OCCCCCCOc2ccc(C=CC(=O)OC)cc2OC)ccc1OCCCCCCOc1ccc(C=CC(=O)OC)cc1OC. The van der Waals surface area contributed by atoms with Crippen molar-refractivity contribution in [2.75, 3.05) is 68.1 Å². The van der Waals surface area contributed by atoms with Gasteiger partial charge in [-0.1, -0.05) is 63.7 Å². The first-order chi connectivity index (χ1) is 34.1. The summed E-state index contributed by atoms with van der Waals surface area (Å²) in [5.41, 5.74) is 2.36. The van der Waals surface area contributed by atoms with E-state index in [0.717, 1.165) is 120 Å². The van der Waals surface area contributed by atoms with Gasteiger partial charge in [0.15, 0.2) is 23.0 Å². The van der Waals surface area contributed by atoms with Gasteiger partial charge in [0.1, 0.15) is 17.1 Å². The lowest BCUT2D eigenvalue weighted by molar-refractivity contribution is -0.139. The summed E-state index contributed by atoms with van der Waals surface area (Å²) in [6, 6.07) is 16.3. The average Bonchev–Trinajstić information content (AvgIpc) is 3.37. The second-order valence-corrected chi connectivity index (χ2v) is 16.6. The van der Waals surface area contributed by atoms with E-state index >= 15 is 0 Å². The number of benzene rings is 3. The molecule has 3 rings (SSSR count). The minimum Gasteiger partial charge on any atom is -0.494 e. The third-order valence-electron chi connectivity index (χ3n) is 11.0. The highest BCUT2D eigenvalue weighted by molar-refractivity contribution is 5.93. The standard InChI is InChI=1S/C56H76O14/c1-43(2)55(59)69-38-22-12-10-8-7-9-11-13-23-39-70-56(60)47-42-46(65-34-18-14-15-20-36-67-49-29-24-44(40-51(49)61-3)26-32-53(57)63-5)28-31-48(47)66-35-19-16-17-21-37-68-50-30-25-45(41-52(50)62-4)27-33-54(58)64-6/h24-33,40-42H,1,7-23,34-39H2,2-6H3. The number of rotatable bonds is 38. The van der Waals surface area contributed by atoms with E-state index in [1.54, 1.807) is 57.6 Å². The van der Waals surface area contributed by atoms with Gasteiger partial charge in [-0.05, 0) is 137 Å². The zero-order valence-corrected chi connectivity index (χ0v) is 42.2. The van der Waals surface area contributed by atoms with Gasteiger partial charge in [-0.15, -0.1) is 0 Å². The monoisotopic (exact) mass is 973 g/mol. The maximum absolute atomic E-state index is 13.5. The highest BCUT2D eigenvalue weighted by Gasteiger charge is 2.17. The number of hydrogen-bond acceptors (Lipinski definition) is 14. The molecule has 14 nitrogen and oxygen atoms in total. The van der Waals surface area contributed by atoms with Crippen molar-refractivity contribution < 1.29 is 66.5 Å². The van der Waals surface area contributed by atoms with Gasteiger partial charge in [0.2, 0.25) is 0 Å². The van der Waals surface area contributed by atoms with Crippen LogP contribution in [0.15, 0.2) is 78.9 Å². The van der Waals surface area contributed by atoms with Crippen LogP contribution in [0.25, 0.3) is 12.2 Å². The number of hydrogen-bond donors (Lipinski definition) is 0. The zero-order valence-electron chi connectivity index (χ0n) is 42.2.